The Bertz CT molecular complexity index is 2220. The first-order chi connectivity index (χ1) is 23.5. The Balaban J connectivity index is 1.39. The van der Waals surface area contributed by atoms with E-state index in [1.165, 1.54) is 16.0 Å². The van der Waals surface area contributed by atoms with Crippen LogP contribution in [-0.2, 0) is 29.2 Å². The quantitative estimate of drug-likeness (QED) is 0.159. The monoisotopic (exact) mass is 625 g/mol. The molecule has 8 rings (SSSR count). The maximum absolute atomic E-state index is 14.8. The summed E-state index contributed by atoms with van der Waals surface area (Å²) in [5.41, 5.74) is 9.83. The first kappa shape index (κ1) is 29.5. The van der Waals surface area contributed by atoms with Gasteiger partial charge in [-0.3, -0.25) is 14.5 Å². The van der Waals surface area contributed by atoms with Crippen LogP contribution in [0.1, 0.15) is 39.2 Å². The summed E-state index contributed by atoms with van der Waals surface area (Å²) in [6, 6.07) is 46.9. The summed E-state index contributed by atoms with van der Waals surface area (Å²) in [6.45, 7) is 5.66. The number of amides is 2. The fourth-order valence-corrected chi connectivity index (χ4v) is 7.38. The predicted octanol–water partition coefficient (Wildman–Crippen LogP) is 8.79. The van der Waals surface area contributed by atoms with Crippen LogP contribution in [0, 0.1) is 13.8 Å². The first-order valence-corrected chi connectivity index (χ1v) is 16.4. The molecule has 1 aliphatic rings. The molecule has 0 saturated carbocycles. The van der Waals surface area contributed by atoms with E-state index in [0.717, 1.165) is 49.9 Å². The lowest BCUT2D eigenvalue weighted by molar-refractivity contribution is -0.136. The molecule has 5 aromatic carbocycles. The van der Waals surface area contributed by atoms with Gasteiger partial charge in [0.05, 0.1) is 17.7 Å². The van der Waals surface area contributed by atoms with Gasteiger partial charge in [-0.05, 0) is 42.7 Å². The molecule has 0 spiro atoms. The molecule has 0 N–H and O–H groups in total. The molecular weight excluding hydrogens is 590 g/mol. The predicted molar refractivity (Wildman–Crippen MR) is 193 cm³/mol. The van der Waals surface area contributed by atoms with Crippen LogP contribution >= 0.6 is 0 Å². The average molecular weight is 626 g/mol. The van der Waals surface area contributed by atoms with Crippen molar-refractivity contribution in [1.82, 2.24) is 14.0 Å². The number of hydrogen-bond donors (Lipinski definition) is 0. The third kappa shape index (κ3) is 4.87. The van der Waals surface area contributed by atoms with Crippen LogP contribution < -0.4 is 0 Å². The second-order valence-electron chi connectivity index (χ2n) is 12.5. The molecule has 0 unspecified atom stereocenters. The molecule has 0 saturated heterocycles. The molecule has 234 valence electrons. The van der Waals surface area contributed by atoms with Crippen LogP contribution in [0.2, 0.25) is 0 Å². The highest BCUT2D eigenvalue weighted by Crippen LogP contribution is 2.45. The van der Waals surface area contributed by atoms with E-state index >= 15 is 0 Å². The fraction of sp³-hybridized carbons (Fsp3) is 0.116. The maximum atomic E-state index is 14.8. The number of nitrogens with zero attached hydrogens (tertiary/aromatic N) is 3. The van der Waals surface area contributed by atoms with Crippen LogP contribution in [0.4, 0.5) is 0 Å². The van der Waals surface area contributed by atoms with Gasteiger partial charge in [0.25, 0.3) is 11.8 Å². The van der Waals surface area contributed by atoms with Crippen LogP contribution in [-0.4, -0.2) is 25.8 Å². The van der Waals surface area contributed by atoms with Gasteiger partial charge < -0.3 is 9.13 Å². The molecule has 2 amide bonds. The topological polar surface area (TPSA) is 47.2 Å². The minimum absolute atomic E-state index is 0.203. The van der Waals surface area contributed by atoms with Gasteiger partial charge in [-0.2, -0.15) is 0 Å². The second-order valence-corrected chi connectivity index (χ2v) is 12.5. The number of fused-ring (bicyclic) bond motifs is 2. The smallest absolute Gasteiger partial charge is 0.262 e. The Morgan fingerprint density at radius 2 is 0.750 bits per heavy atom. The van der Waals surface area contributed by atoms with Crippen molar-refractivity contribution in [2.24, 2.45) is 0 Å². The summed E-state index contributed by atoms with van der Waals surface area (Å²) >= 11 is 0. The van der Waals surface area contributed by atoms with Crippen molar-refractivity contribution in [3.63, 3.8) is 0 Å². The highest BCUT2D eigenvalue weighted by molar-refractivity contribution is 6.51. The summed E-state index contributed by atoms with van der Waals surface area (Å²) in [5.74, 6) is -0.521. The second kappa shape index (κ2) is 12.0. The lowest BCUT2D eigenvalue weighted by Crippen LogP contribution is -2.31. The summed E-state index contributed by atoms with van der Waals surface area (Å²) in [5, 5.41) is 1.93. The Morgan fingerprint density at radius 3 is 1.15 bits per heavy atom. The molecule has 5 heteroatoms. The lowest BCUT2D eigenvalue weighted by Gasteiger charge is -2.15. The van der Waals surface area contributed by atoms with Crippen molar-refractivity contribution in [3.05, 3.63) is 179 Å². The third-order valence-corrected chi connectivity index (χ3v) is 9.68. The van der Waals surface area contributed by atoms with E-state index in [4.69, 9.17) is 0 Å². The minimum Gasteiger partial charge on any atom is -0.340 e. The van der Waals surface area contributed by atoms with Gasteiger partial charge in [0.2, 0.25) is 0 Å². The van der Waals surface area contributed by atoms with Crippen LogP contribution in [0.25, 0.3) is 33.0 Å². The van der Waals surface area contributed by atoms with Crippen molar-refractivity contribution < 1.29 is 9.59 Å². The van der Waals surface area contributed by atoms with Gasteiger partial charge in [0.15, 0.2) is 0 Å². The number of carbonyl (C=O) groups is 2. The molecule has 3 heterocycles. The third-order valence-electron chi connectivity index (χ3n) is 9.68. The van der Waals surface area contributed by atoms with Crippen molar-refractivity contribution in [2.45, 2.75) is 33.5 Å². The van der Waals surface area contributed by atoms with Crippen LogP contribution in [0.3, 0.4) is 0 Å². The van der Waals surface area contributed by atoms with Gasteiger partial charge >= 0.3 is 0 Å². The van der Waals surface area contributed by atoms with Crippen LogP contribution in [0.5, 0.6) is 0 Å². The first-order valence-electron chi connectivity index (χ1n) is 16.4. The van der Waals surface area contributed by atoms with Gasteiger partial charge in [-0.1, -0.05) is 127 Å². The van der Waals surface area contributed by atoms with Gasteiger partial charge in [0.1, 0.15) is 0 Å². The molecule has 2 aromatic heterocycles. The highest BCUT2D eigenvalue weighted by atomic mass is 16.2. The number of aromatic nitrogens is 2. The Hall–Kier alpha value is -5.94. The summed E-state index contributed by atoms with van der Waals surface area (Å²) < 4.78 is 4.54. The van der Waals surface area contributed by atoms with E-state index in [0.29, 0.717) is 24.2 Å². The average Bonchev–Trinajstić information content (AvgIpc) is 3.65. The summed E-state index contributed by atoms with van der Waals surface area (Å²) in [6.07, 6.45) is 0. The number of benzene rings is 5. The number of imide groups is 1. The molecule has 5 nitrogen and oxygen atoms in total. The molecule has 0 fully saturated rings. The fourth-order valence-electron chi connectivity index (χ4n) is 7.38. The molecule has 7 aromatic rings. The Labute approximate surface area is 280 Å². The molecule has 1 aliphatic heterocycles. The lowest BCUT2D eigenvalue weighted by atomic mass is 9.93. The van der Waals surface area contributed by atoms with Crippen molar-refractivity contribution in [3.8, 4) is 0 Å². The van der Waals surface area contributed by atoms with E-state index < -0.39 is 0 Å². The van der Waals surface area contributed by atoms with Crippen molar-refractivity contribution in [2.75, 3.05) is 0 Å². The van der Waals surface area contributed by atoms with Crippen molar-refractivity contribution in [1.29, 1.82) is 0 Å². The normalized spacial score (nSPS) is 13.4. The van der Waals surface area contributed by atoms with E-state index in [-0.39, 0.29) is 18.4 Å². The SMILES string of the molecule is Cc1c(C2=C(c3c(C)n(Cc4ccccc4)c4ccccc34)C(=O)N(Cc3ccccc3)C2=O)c2ccccc2n1Cc1ccccc1. The minimum atomic E-state index is -0.260. The molecule has 0 aliphatic carbocycles. The molecule has 0 radical (unpaired) electrons. The highest BCUT2D eigenvalue weighted by Gasteiger charge is 2.43. The molecular formula is C43H35N3O2. The van der Waals surface area contributed by atoms with E-state index in [9.17, 15) is 9.59 Å². The van der Waals surface area contributed by atoms with E-state index in [1.54, 1.807) is 0 Å². The van der Waals surface area contributed by atoms with E-state index in [1.807, 2.05) is 91.0 Å². The molecule has 48 heavy (non-hydrogen) atoms. The van der Waals surface area contributed by atoms with Gasteiger partial charge in [-0.25, -0.2) is 0 Å². The van der Waals surface area contributed by atoms with E-state index in [2.05, 4.69) is 71.5 Å². The maximum Gasteiger partial charge on any atom is 0.262 e. The number of carbonyl (C=O) groups excluding carboxylic acids is 2. The number of para-hydroxylation sites is 2. The number of rotatable bonds is 8. The largest absolute Gasteiger partial charge is 0.340 e. The zero-order chi connectivity index (χ0) is 32.8. The zero-order valence-corrected chi connectivity index (χ0v) is 27.1. The number of hydrogen-bond acceptors (Lipinski definition) is 2. The van der Waals surface area contributed by atoms with Gasteiger partial charge in [0, 0.05) is 57.4 Å². The summed E-state index contributed by atoms with van der Waals surface area (Å²) in [4.78, 5) is 31.1. The van der Waals surface area contributed by atoms with Crippen molar-refractivity contribution >= 4 is 44.8 Å². The Morgan fingerprint density at radius 1 is 0.417 bits per heavy atom. The zero-order valence-electron chi connectivity index (χ0n) is 27.1. The summed E-state index contributed by atoms with van der Waals surface area (Å²) in [7, 11) is 0. The standard InChI is InChI=1S/C43H35N3O2/c1-29-38(34-22-12-14-24-36(34)44(29)26-31-16-6-3-7-17-31)40-41(43(48)46(42(40)47)28-33-20-10-5-11-21-33)39-30(2)45(27-32-18-8-4-9-19-32)37-25-15-13-23-35(37)39/h3-25H,26-28H2,1-2H3. The van der Waals surface area contributed by atoms with Gasteiger partial charge in [-0.15, -0.1) is 0 Å². The molecule has 0 bridgehead atoms. The Kier molecular flexibility index (Phi) is 7.37. The van der Waals surface area contributed by atoms with Crippen LogP contribution in [0.15, 0.2) is 140 Å². The molecule has 0 atom stereocenters.